The largest absolute Gasteiger partial charge is 0.489 e. The lowest BCUT2D eigenvalue weighted by Crippen LogP contribution is -2.36. The van der Waals surface area contributed by atoms with Gasteiger partial charge >= 0.3 is 6.03 Å². The van der Waals surface area contributed by atoms with Crippen molar-refractivity contribution in [2.24, 2.45) is 0 Å². The van der Waals surface area contributed by atoms with Crippen LogP contribution >= 0.6 is 11.6 Å². The molecule has 2 atom stereocenters. The Balaban J connectivity index is 1.31. The third-order valence-electron chi connectivity index (χ3n) is 4.70. The summed E-state index contributed by atoms with van der Waals surface area (Å²) in [6.07, 6.45) is 1.61. The van der Waals surface area contributed by atoms with Gasteiger partial charge in [0.05, 0.1) is 18.2 Å². The highest BCUT2D eigenvalue weighted by Gasteiger charge is 2.39. The van der Waals surface area contributed by atoms with Gasteiger partial charge in [0.2, 0.25) is 0 Å². The number of fused-ring (bicyclic) bond motifs is 1. The molecule has 1 heterocycles. The van der Waals surface area contributed by atoms with Crippen LogP contribution in [0.15, 0.2) is 36.4 Å². The number of ether oxygens (including phenoxy) is 2. The molecule has 142 valence electrons. The van der Waals surface area contributed by atoms with Gasteiger partial charge in [0.15, 0.2) is 11.5 Å². The van der Waals surface area contributed by atoms with Crippen LogP contribution in [0.2, 0.25) is 5.02 Å². The fourth-order valence-corrected chi connectivity index (χ4v) is 3.54. The number of nitrogens with one attached hydrogen (secondary N) is 2. The van der Waals surface area contributed by atoms with Crippen molar-refractivity contribution in [3.05, 3.63) is 58.4 Å². The van der Waals surface area contributed by atoms with Gasteiger partial charge in [-0.2, -0.15) is 0 Å². The summed E-state index contributed by atoms with van der Waals surface area (Å²) in [5, 5.41) is 6.21. The van der Waals surface area contributed by atoms with E-state index in [0.29, 0.717) is 36.3 Å². The molecule has 1 aliphatic heterocycles. The molecule has 2 aromatic carbocycles. The topological polar surface area (TPSA) is 59.6 Å². The molecule has 0 unspecified atom stereocenters. The van der Waals surface area contributed by atoms with Crippen molar-refractivity contribution in [2.75, 3.05) is 13.2 Å². The van der Waals surface area contributed by atoms with E-state index in [-0.39, 0.29) is 23.8 Å². The molecule has 2 N–H and O–H groups in total. The van der Waals surface area contributed by atoms with Gasteiger partial charge in [-0.25, -0.2) is 9.18 Å². The van der Waals surface area contributed by atoms with Crippen molar-refractivity contribution in [2.45, 2.75) is 31.3 Å². The van der Waals surface area contributed by atoms with E-state index >= 15 is 0 Å². The highest BCUT2D eigenvalue weighted by molar-refractivity contribution is 6.32. The molecule has 0 bridgehead atoms. The fourth-order valence-electron chi connectivity index (χ4n) is 3.25. The molecule has 0 saturated heterocycles. The predicted molar refractivity (Wildman–Crippen MR) is 100.0 cm³/mol. The summed E-state index contributed by atoms with van der Waals surface area (Å²) in [5.41, 5.74) is 1.74. The van der Waals surface area contributed by atoms with E-state index in [1.165, 1.54) is 12.1 Å². The zero-order valence-corrected chi connectivity index (χ0v) is 15.4. The average Bonchev–Trinajstić information content (AvgIpc) is 3.43. The molecule has 2 aliphatic rings. The number of amides is 2. The number of halogens is 2. The third-order valence-corrected chi connectivity index (χ3v) is 4.98. The van der Waals surface area contributed by atoms with Crippen molar-refractivity contribution < 1.29 is 18.7 Å². The van der Waals surface area contributed by atoms with Gasteiger partial charge in [-0.05, 0) is 41.8 Å². The van der Waals surface area contributed by atoms with Crippen LogP contribution in [0.25, 0.3) is 0 Å². The second-order valence-electron chi connectivity index (χ2n) is 6.79. The van der Waals surface area contributed by atoms with Gasteiger partial charge in [-0.15, -0.1) is 0 Å². The van der Waals surface area contributed by atoms with Gasteiger partial charge in [0, 0.05) is 24.9 Å². The van der Waals surface area contributed by atoms with E-state index in [2.05, 4.69) is 10.6 Å². The van der Waals surface area contributed by atoms with Crippen molar-refractivity contribution in [1.29, 1.82) is 0 Å². The second kappa shape index (κ2) is 7.64. The van der Waals surface area contributed by atoms with Gasteiger partial charge in [-0.1, -0.05) is 23.7 Å². The van der Waals surface area contributed by atoms with Crippen LogP contribution in [0.1, 0.15) is 29.9 Å². The lowest BCUT2D eigenvalue weighted by Gasteiger charge is -2.12. The molecule has 7 heteroatoms. The lowest BCUT2D eigenvalue weighted by molar-refractivity contribution is 0.240. The Morgan fingerprint density at radius 1 is 1.22 bits per heavy atom. The Morgan fingerprint density at radius 3 is 2.93 bits per heavy atom. The summed E-state index contributed by atoms with van der Waals surface area (Å²) in [6.45, 7) is 1.46. The third kappa shape index (κ3) is 4.27. The van der Waals surface area contributed by atoms with E-state index in [4.69, 9.17) is 21.1 Å². The molecule has 1 fully saturated rings. The quantitative estimate of drug-likeness (QED) is 0.829. The van der Waals surface area contributed by atoms with Crippen molar-refractivity contribution in [3.63, 3.8) is 0 Å². The first-order chi connectivity index (χ1) is 13.1. The van der Waals surface area contributed by atoms with Gasteiger partial charge in [0.1, 0.15) is 5.82 Å². The first-order valence-electron chi connectivity index (χ1n) is 8.98. The molecule has 4 rings (SSSR count). The normalized spacial score (nSPS) is 20.5. The average molecular weight is 391 g/mol. The van der Waals surface area contributed by atoms with E-state index in [1.54, 1.807) is 12.1 Å². The molecule has 2 amide bonds. The molecule has 27 heavy (non-hydrogen) atoms. The number of carbonyl (C=O) groups excluding carboxylic acids is 1. The van der Waals surface area contributed by atoms with Crippen molar-refractivity contribution >= 4 is 17.6 Å². The first kappa shape index (κ1) is 17.9. The lowest BCUT2D eigenvalue weighted by atomic mass is 10.1. The molecule has 0 radical (unpaired) electrons. The highest BCUT2D eigenvalue weighted by atomic mass is 35.5. The van der Waals surface area contributed by atoms with Crippen molar-refractivity contribution in [1.82, 2.24) is 10.6 Å². The Kier molecular flexibility index (Phi) is 5.07. The summed E-state index contributed by atoms with van der Waals surface area (Å²) in [7, 11) is 0. The second-order valence-corrected chi connectivity index (χ2v) is 7.19. The smallest absolute Gasteiger partial charge is 0.315 e. The molecule has 1 aliphatic carbocycles. The number of hydrogen-bond donors (Lipinski definition) is 2. The molecular formula is C20H20ClFN2O3. The number of hydrogen-bond acceptors (Lipinski definition) is 3. The van der Waals surface area contributed by atoms with E-state index in [9.17, 15) is 9.18 Å². The zero-order chi connectivity index (χ0) is 18.8. The maximum Gasteiger partial charge on any atom is 0.315 e. The molecular weight excluding hydrogens is 371 g/mol. The summed E-state index contributed by atoms with van der Waals surface area (Å²) >= 11 is 6.27. The number of rotatable bonds is 4. The molecule has 2 aromatic rings. The highest BCUT2D eigenvalue weighted by Crippen LogP contribution is 2.41. The Hall–Kier alpha value is -2.47. The van der Waals surface area contributed by atoms with Gasteiger partial charge in [0.25, 0.3) is 0 Å². The van der Waals surface area contributed by atoms with E-state index < -0.39 is 0 Å². The summed E-state index contributed by atoms with van der Waals surface area (Å²) < 4.78 is 24.6. The van der Waals surface area contributed by atoms with Crippen LogP contribution in [0.5, 0.6) is 11.5 Å². The Morgan fingerprint density at radius 2 is 2.07 bits per heavy atom. The van der Waals surface area contributed by atoms with Gasteiger partial charge in [-0.3, -0.25) is 0 Å². The maximum absolute atomic E-state index is 13.3. The zero-order valence-electron chi connectivity index (χ0n) is 14.6. The first-order valence-corrected chi connectivity index (χ1v) is 9.36. The van der Waals surface area contributed by atoms with Gasteiger partial charge < -0.3 is 20.1 Å². The molecule has 0 aromatic heterocycles. The summed E-state index contributed by atoms with van der Waals surface area (Å²) in [4.78, 5) is 12.2. The summed E-state index contributed by atoms with van der Waals surface area (Å²) in [5.74, 6) is 1.07. The van der Waals surface area contributed by atoms with Crippen LogP contribution in [-0.4, -0.2) is 25.3 Å². The monoisotopic (exact) mass is 390 g/mol. The molecule has 5 nitrogen and oxygen atoms in total. The van der Waals surface area contributed by atoms with Crippen LogP contribution in [-0.2, 0) is 6.54 Å². The SMILES string of the molecule is O=C(NCc1cc(Cl)c2c(c1)OCCCO2)N[C@H]1C[C@@H]1c1cccc(F)c1. The fraction of sp³-hybridized carbons (Fsp3) is 0.350. The Bertz CT molecular complexity index is 861. The minimum Gasteiger partial charge on any atom is -0.489 e. The van der Waals surface area contributed by atoms with Crippen LogP contribution < -0.4 is 20.1 Å². The maximum atomic E-state index is 13.3. The van der Waals surface area contributed by atoms with Crippen LogP contribution in [0, 0.1) is 5.82 Å². The minimum atomic E-state index is -0.262. The number of carbonyl (C=O) groups is 1. The number of urea groups is 1. The predicted octanol–water partition coefficient (Wildman–Crippen LogP) is 4.00. The summed E-state index contributed by atoms with van der Waals surface area (Å²) in [6, 6.07) is 9.87. The van der Waals surface area contributed by atoms with E-state index in [0.717, 1.165) is 24.0 Å². The van der Waals surface area contributed by atoms with Crippen LogP contribution in [0.3, 0.4) is 0 Å². The Labute approximate surface area is 161 Å². The molecule has 1 saturated carbocycles. The minimum absolute atomic E-state index is 0.0270. The van der Waals surface area contributed by atoms with E-state index in [1.807, 2.05) is 12.1 Å². The molecule has 0 spiro atoms. The standard InChI is InChI=1S/C20H20ClFN2O3/c21-16-7-12(8-18-19(16)27-6-2-5-26-18)11-23-20(25)24-17-10-15(17)13-3-1-4-14(22)9-13/h1,3-4,7-9,15,17H,2,5-6,10-11H2,(H2,23,24,25)/t15-,17+/m1/s1. The number of benzene rings is 2. The van der Waals surface area contributed by atoms with Crippen molar-refractivity contribution in [3.8, 4) is 11.5 Å². The van der Waals surface area contributed by atoms with Crippen LogP contribution in [0.4, 0.5) is 9.18 Å².